The standard InChI is InChI=1S/C10H17N3O2S/c1-8-11-12-10(16-8)13-4-6-15-9(7-13)3-5-14-2/h9H,3-7H2,1-2H3. The average Bonchev–Trinajstić information content (AvgIpc) is 2.74. The van der Waals surface area contributed by atoms with E-state index in [1.165, 1.54) is 0 Å². The Balaban J connectivity index is 1.91. The van der Waals surface area contributed by atoms with Crippen molar-refractivity contribution < 1.29 is 9.47 Å². The molecule has 90 valence electrons. The van der Waals surface area contributed by atoms with Gasteiger partial charge in [0.15, 0.2) is 0 Å². The van der Waals surface area contributed by atoms with E-state index in [-0.39, 0.29) is 6.10 Å². The predicted octanol–water partition coefficient (Wildman–Crippen LogP) is 1.09. The lowest BCUT2D eigenvalue weighted by molar-refractivity contribution is 0.0191. The summed E-state index contributed by atoms with van der Waals surface area (Å²) in [5.41, 5.74) is 0. The topological polar surface area (TPSA) is 47.5 Å². The molecular weight excluding hydrogens is 226 g/mol. The maximum atomic E-state index is 5.67. The highest BCUT2D eigenvalue weighted by Gasteiger charge is 2.22. The van der Waals surface area contributed by atoms with Gasteiger partial charge in [-0.05, 0) is 13.3 Å². The summed E-state index contributed by atoms with van der Waals surface area (Å²) in [6.45, 7) is 5.26. The van der Waals surface area contributed by atoms with Gasteiger partial charge < -0.3 is 14.4 Å². The van der Waals surface area contributed by atoms with Crippen LogP contribution in [-0.2, 0) is 9.47 Å². The smallest absolute Gasteiger partial charge is 0.208 e. The molecule has 1 aromatic rings. The zero-order chi connectivity index (χ0) is 11.4. The minimum Gasteiger partial charge on any atom is -0.385 e. The van der Waals surface area contributed by atoms with Crippen molar-refractivity contribution in [2.45, 2.75) is 19.4 Å². The number of hydrogen-bond acceptors (Lipinski definition) is 6. The van der Waals surface area contributed by atoms with Crippen LogP contribution in [0.3, 0.4) is 0 Å². The molecule has 0 bridgehead atoms. The van der Waals surface area contributed by atoms with Crippen LogP contribution in [0.15, 0.2) is 0 Å². The molecule has 0 aliphatic carbocycles. The maximum Gasteiger partial charge on any atom is 0.208 e. The summed E-state index contributed by atoms with van der Waals surface area (Å²) in [7, 11) is 1.72. The number of nitrogens with zero attached hydrogens (tertiary/aromatic N) is 3. The molecule has 5 nitrogen and oxygen atoms in total. The molecule has 16 heavy (non-hydrogen) atoms. The molecule has 1 atom stereocenters. The summed E-state index contributed by atoms with van der Waals surface area (Å²) in [6, 6.07) is 0. The predicted molar refractivity (Wildman–Crippen MR) is 63.1 cm³/mol. The Kier molecular flexibility index (Phi) is 4.09. The van der Waals surface area contributed by atoms with Gasteiger partial charge in [0.2, 0.25) is 5.13 Å². The van der Waals surface area contributed by atoms with Gasteiger partial charge in [0.25, 0.3) is 0 Å². The lowest BCUT2D eigenvalue weighted by atomic mass is 10.2. The number of methoxy groups -OCH3 is 1. The van der Waals surface area contributed by atoms with Crippen molar-refractivity contribution in [2.75, 3.05) is 38.3 Å². The van der Waals surface area contributed by atoms with Crippen LogP contribution in [0.25, 0.3) is 0 Å². The van der Waals surface area contributed by atoms with E-state index in [0.29, 0.717) is 0 Å². The molecule has 1 fully saturated rings. The first-order valence-corrected chi connectivity index (χ1v) is 6.27. The van der Waals surface area contributed by atoms with E-state index in [0.717, 1.165) is 42.9 Å². The Morgan fingerprint density at radius 1 is 1.56 bits per heavy atom. The monoisotopic (exact) mass is 243 g/mol. The van der Waals surface area contributed by atoms with Crippen LogP contribution < -0.4 is 4.90 Å². The minimum absolute atomic E-state index is 0.248. The second kappa shape index (κ2) is 5.56. The van der Waals surface area contributed by atoms with Crippen molar-refractivity contribution in [1.29, 1.82) is 0 Å². The first kappa shape index (κ1) is 11.8. The Morgan fingerprint density at radius 2 is 2.44 bits per heavy atom. The molecule has 6 heteroatoms. The van der Waals surface area contributed by atoms with Crippen LogP contribution in [0.2, 0.25) is 0 Å². The van der Waals surface area contributed by atoms with Crippen molar-refractivity contribution in [3.8, 4) is 0 Å². The molecule has 2 heterocycles. The fourth-order valence-corrected chi connectivity index (χ4v) is 2.45. The first-order chi connectivity index (χ1) is 7.79. The summed E-state index contributed by atoms with van der Waals surface area (Å²) in [5.74, 6) is 0. The number of rotatable bonds is 4. The lowest BCUT2D eigenvalue weighted by Gasteiger charge is -2.32. The molecule has 0 radical (unpaired) electrons. The van der Waals surface area contributed by atoms with E-state index in [9.17, 15) is 0 Å². The Bertz CT molecular complexity index is 332. The Morgan fingerprint density at radius 3 is 3.12 bits per heavy atom. The third-order valence-electron chi connectivity index (χ3n) is 2.57. The van der Waals surface area contributed by atoms with E-state index in [4.69, 9.17) is 9.47 Å². The fraction of sp³-hybridized carbons (Fsp3) is 0.800. The summed E-state index contributed by atoms with van der Waals surface area (Å²) < 4.78 is 10.7. The third kappa shape index (κ3) is 2.90. The van der Waals surface area contributed by atoms with Gasteiger partial charge in [-0.3, -0.25) is 0 Å². The lowest BCUT2D eigenvalue weighted by Crippen LogP contribution is -2.42. The molecular formula is C10H17N3O2S. The first-order valence-electron chi connectivity index (χ1n) is 5.45. The van der Waals surface area contributed by atoms with Crippen molar-refractivity contribution in [2.24, 2.45) is 0 Å². The molecule has 0 amide bonds. The van der Waals surface area contributed by atoms with Crippen LogP contribution in [-0.4, -0.2) is 49.7 Å². The van der Waals surface area contributed by atoms with Crippen molar-refractivity contribution >= 4 is 16.5 Å². The Labute approximate surface area is 99.4 Å². The largest absolute Gasteiger partial charge is 0.385 e. The van der Waals surface area contributed by atoms with Crippen LogP contribution in [0, 0.1) is 6.92 Å². The number of morpholine rings is 1. The number of hydrogen-bond donors (Lipinski definition) is 0. The summed E-state index contributed by atoms with van der Waals surface area (Å²) in [6.07, 6.45) is 1.18. The van der Waals surface area contributed by atoms with Gasteiger partial charge in [-0.2, -0.15) is 0 Å². The van der Waals surface area contributed by atoms with Crippen LogP contribution in [0.4, 0.5) is 5.13 Å². The van der Waals surface area contributed by atoms with Gasteiger partial charge in [0.05, 0.1) is 12.7 Å². The zero-order valence-corrected chi connectivity index (χ0v) is 10.5. The molecule has 1 aromatic heterocycles. The van der Waals surface area contributed by atoms with E-state index >= 15 is 0 Å². The molecule has 1 aliphatic rings. The van der Waals surface area contributed by atoms with Gasteiger partial charge in [0.1, 0.15) is 5.01 Å². The minimum atomic E-state index is 0.248. The van der Waals surface area contributed by atoms with Gasteiger partial charge >= 0.3 is 0 Å². The highest BCUT2D eigenvalue weighted by atomic mass is 32.1. The molecule has 0 spiro atoms. The zero-order valence-electron chi connectivity index (χ0n) is 9.68. The average molecular weight is 243 g/mol. The maximum absolute atomic E-state index is 5.67. The SMILES string of the molecule is COCCC1CN(c2nnc(C)s2)CCO1. The third-order valence-corrected chi connectivity index (χ3v) is 3.47. The van der Waals surface area contributed by atoms with Gasteiger partial charge in [0, 0.05) is 26.8 Å². The molecule has 0 N–H and O–H groups in total. The van der Waals surface area contributed by atoms with Gasteiger partial charge in [-0.1, -0.05) is 11.3 Å². The quantitative estimate of drug-likeness (QED) is 0.792. The van der Waals surface area contributed by atoms with Gasteiger partial charge in [-0.25, -0.2) is 0 Å². The van der Waals surface area contributed by atoms with Crippen molar-refractivity contribution in [3.63, 3.8) is 0 Å². The van der Waals surface area contributed by atoms with Crippen LogP contribution >= 0.6 is 11.3 Å². The molecule has 1 unspecified atom stereocenters. The van der Waals surface area contributed by atoms with Crippen molar-refractivity contribution in [3.05, 3.63) is 5.01 Å². The van der Waals surface area contributed by atoms with Gasteiger partial charge in [-0.15, -0.1) is 10.2 Å². The van der Waals surface area contributed by atoms with Crippen LogP contribution in [0.5, 0.6) is 0 Å². The summed E-state index contributed by atoms with van der Waals surface area (Å²) in [5, 5.41) is 10.2. The molecule has 0 aromatic carbocycles. The second-order valence-corrected chi connectivity index (χ2v) is 4.98. The summed E-state index contributed by atoms with van der Waals surface area (Å²) in [4.78, 5) is 2.24. The van der Waals surface area contributed by atoms with E-state index in [1.54, 1.807) is 18.4 Å². The summed E-state index contributed by atoms with van der Waals surface area (Å²) >= 11 is 1.64. The molecule has 1 saturated heterocycles. The second-order valence-electron chi connectivity index (χ2n) is 3.82. The fourth-order valence-electron chi connectivity index (χ4n) is 1.73. The molecule has 1 aliphatic heterocycles. The van der Waals surface area contributed by atoms with Crippen molar-refractivity contribution in [1.82, 2.24) is 10.2 Å². The van der Waals surface area contributed by atoms with E-state index in [1.807, 2.05) is 6.92 Å². The van der Waals surface area contributed by atoms with Crippen LogP contribution in [0.1, 0.15) is 11.4 Å². The number of aryl methyl sites for hydroxylation is 1. The molecule has 2 rings (SSSR count). The Hall–Kier alpha value is -0.720. The number of anilines is 1. The molecule has 0 saturated carbocycles. The number of aromatic nitrogens is 2. The highest BCUT2D eigenvalue weighted by molar-refractivity contribution is 7.15. The van der Waals surface area contributed by atoms with E-state index in [2.05, 4.69) is 15.1 Å². The number of ether oxygens (including phenoxy) is 2. The highest BCUT2D eigenvalue weighted by Crippen LogP contribution is 2.22. The normalized spacial score (nSPS) is 21.4. The van der Waals surface area contributed by atoms with E-state index < -0.39 is 0 Å².